The molecule has 1 rings (SSSR count). The predicted molar refractivity (Wildman–Crippen MR) is 29.6 cm³/mol. The number of hydrazine groups is 1. The minimum atomic E-state index is 0.211. The lowest BCUT2D eigenvalue weighted by Gasteiger charge is -1.96. The van der Waals surface area contributed by atoms with Crippen LogP contribution in [0, 0.1) is 4.91 Å². The lowest BCUT2D eigenvalue weighted by Crippen LogP contribution is -2.29. The zero-order valence-corrected chi connectivity index (χ0v) is 4.51. The SMILES string of the molecule is CC1C=C(N=O)NN1. The molecule has 0 bridgehead atoms. The van der Waals surface area contributed by atoms with Gasteiger partial charge >= 0.3 is 0 Å². The van der Waals surface area contributed by atoms with Crippen LogP contribution in [0.1, 0.15) is 6.92 Å². The van der Waals surface area contributed by atoms with Gasteiger partial charge in [-0.15, -0.1) is 4.91 Å². The number of nitrogens with one attached hydrogen (secondary N) is 2. The maximum absolute atomic E-state index is 9.73. The van der Waals surface area contributed by atoms with Crippen molar-refractivity contribution in [3.05, 3.63) is 16.8 Å². The molecule has 4 heteroatoms. The molecule has 0 aromatic rings. The first-order chi connectivity index (χ1) is 3.83. The van der Waals surface area contributed by atoms with E-state index in [1.165, 1.54) is 0 Å². The van der Waals surface area contributed by atoms with Crippen molar-refractivity contribution in [2.75, 3.05) is 0 Å². The molecule has 44 valence electrons. The van der Waals surface area contributed by atoms with Crippen LogP contribution in [-0.4, -0.2) is 6.04 Å². The molecule has 4 nitrogen and oxygen atoms in total. The highest BCUT2D eigenvalue weighted by atomic mass is 16.3. The summed E-state index contributed by atoms with van der Waals surface area (Å²) in [7, 11) is 0. The average molecular weight is 113 g/mol. The zero-order valence-electron chi connectivity index (χ0n) is 4.51. The molecule has 1 aliphatic rings. The summed E-state index contributed by atoms with van der Waals surface area (Å²) in [5.74, 6) is 0.373. The number of hydrogen-bond donors (Lipinski definition) is 2. The molecule has 0 saturated heterocycles. The largest absolute Gasteiger partial charge is 0.303 e. The van der Waals surface area contributed by atoms with Crippen molar-refractivity contribution in [2.45, 2.75) is 13.0 Å². The summed E-state index contributed by atoms with van der Waals surface area (Å²) in [6, 6.07) is 0.211. The van der Waals surface area contributed by atoms with Gasteiger partial charge in [-0.2, -0.15) is 0 Å². The van der Waals surface area contributed by atoms with Gasteiger partial charge in [0.15, 0.2) is 5.82 Å². The van der Waals surface area contributed by atoms with E-state index in [-0.39, 0.29) is 6.04 Å². The number of hydrogen-bond acceptors (Lipinski definition) is 4. The van der Waals surface area contributed by atoms with E-state index in [1.54, 1.807) is 6.08 Å². The van der Waals surface area contributed by atoms with Crippen molar-refractivity contribution in [1.29, 1.82) is 0 Å². The summed E-state index contributed by atoms with van der Waals surface area (Å²) in [6.45, 7) is 1.92. The number of nitrogens with zero attached hydrogens (tertiary/aromatic N) is 1. The molecule has 1 aliphatic heterocycles. The summed E-state index contributed by atoms with van der Waals surface area (Å²) in [4.78, 5) is 9.73. The van der Waals surface area contributed by atoms with E-state index in [0.717, 1.165) is 0 Å². The van der Waals surface area contributed by atoms with Gasteiger partial charge in [0.25, 0.3) is 0 Å². The highest BCUT2D eigenvalue weighted by Gasteiger charge is 2.07. The zero-order chi connectivity index (χ0) is 5.98. The second-order valence-corrected chi connectivity index (χ2v) is 1.70. The molecule has 1 atom stereocenters. The molecule has 0 amide bonds. The molecule has 0 fully saturated rings. The van der Waals surface area contributed by atoms with Crippen LogP contribution in [0.2, 0.25) is 0 Å². The first-order valence-corrected chi connectivity index (χ1v) is 2.39. The summed E-state index contributed by atoms with van der Waals surface area (Å²) < 4.78 is 0. The summed E-state index contributed by atoms with van der Waals surface area (Å²) in [5, 5.41) is 2.68. The molecule has 0 aromatic carbocycles. The molecular weight excluding hydrogens is 106 g/mol. The molecule has 0 saturated carbocycles. The van der Waals surface area contributed by atoms with E-state index in [0.29, 0.717) is 5.82 Å². The van der Waals surface area contributed by atoms with E-state index in [2.05, 4.69) is 16.0 Å². The van der Waals surface area contributed by atoms with Crippen molar-refractivity contribution in [1.82, 2.24) is 10.9 Å². The third-order valence-corrected chi connectivity index (χ3v) is 0.934. The molecule has 1 heterocycles. The Morgan fingerprint density at radius 3 is 2.88 bits per heavy atom. The molecule has 2 N–H and O–H groups in total. The monoisotopic (exact) mass is 113 g/mol. The Morgan fingerprint density at radius 1 is 1.88 bits per heavy atom. The molecule has 0 spiro atoms. The lowest BCUT2D eigenvalue weighted by atomic mass is 10.4. The van der Waals surface area contributed by atoms with Gasteiger partial charge in [0, 0.05) is 6.04 Å². The molecule has 0 radical (unpaired) electrons. The second kappa shape index (κ2) is 1.92. The maximum atomic E-state index is 9.73. The molecule has 8 heavy (non-hydrogen) atoms. The highest BCUT2D eigenvalue weighted by Crippen LogP contribution is 1.98. The molecular formula is C4H7N3O. The minimum Gasteiger partial charge on any atom is -0.303 e. The van der Waals surface area contributed by atoms with Gasteiger partial charge in [0.1, 0.15) is 0 Å². The smallest absolute Gasteiger partial charge is 0.182 e. The van der Waals surface area contributed by atoms with Gasteiger partial charge in [0.2, 0.25) is 0 Å². The van der Waals surface area contributed by atoms with Gasteiger partial charge in [-0.1, -0.05) is 0 Å². The van der Waals surface area contributed by atoms with Gasteiger partial charge in [-0.25, -0.2) is 5.43 Å². The number of nitroso groups, excluding NO2 is 1. The van der Waals surface area contributed by atoms with E-state index < -0.39 is 0 Å². The van der Waals surface area contributed by atoms with Crippen LogP contribution in [0.3, 0.4) is 0 Å². The molecule has 0 aromatic heterocycles. The third-order valence-electron chi connectivity index (χ3n) is 0.934. The predicted octanol–water partition coefficient (Wildman–Crippen LogP) is 0.0905. The van der Waals surface area contributed by atoms with Crippen LogP contribution in [0.4, 0.5) is 0 Å². The number of rotatable bonds is 1. The van der Waals surface area contributed by atoms with Crippen LogP contribution in [-0.2, 0) is 0 Å². The van der Waals surface area contributed by atoms with Gasteiger partial charge in [-0.05, 0) is 18.2 Å². The Morgan fingerprint density at radius 2 is 2.62 bits per heavy atom. The first-order valence-electron chi connectivity index (χ1n) is 2.39. The Labute approximate surface area is 46.9 Å². The highest BCUT2D eigenvalue weighted by molar-refractivity contribution is 5.06. The second-order valence-electron chi connectivity index (χ2n) is 1.70. The van der Waals surface area contributed by atoms with Crippen molar-refractivity contribution in [3.8, 4) is 0 Å². The fraction of sp³-hybridized carbons (Fsp3) is 0.500. The Bertz CT molecular complexity index is 131. The fourth-order valence-corrected chi connectivity index (χ4v) is 0.561. The third kappa shape index (κ3) is 0.840. The molecule has 0 aliphatic carbocycles. The average Bonchev–Trinajstić information content (AvgIpc) is 2.14. The Kier molecular flexibility index (Phi) is 1.26. The summed E-state index contributed by atoms with van der Waals surface area (Å²) >= 11 is 0. The molecule has 1 unspecified atom stereocenters. The van der Waals surface area contributed by atoms with Gasteiger partial charge < -0.3 is 5.43 Å². The fourth-order valence-electron chi connectivity index (χ4n) is 0.561. The van der Waals surface area contributed by atoms with Crippen LogP contribution < -0.4 is 10.9 Å². The van der Waals surface area contributed by atoms with E-state index >= 15 is 0 Å². The summed E-state index contributed by atoms with van der Waals surface area (Å²) in [6.07, 6.45) is 1.72. The van der Waals surface area contributed by atoms with E-state index in [1.807, 2.05) is 6.92 Å². The topological polar surface area (TPSA) is 53.5 Å². The van der Waals surface area contributed by atoms with Crippen molar-refractivity contribution in [2.24, 2.45) is 5.18 Å². The van der Waals surface area contributed by atoms with Crippen molar-refractivity contribution < 1.29 is 0 Å². The minimum absolute atomic E-state index is 0.211. The van der Waals surface area contributed by atoms with Crippen LogP contribution >= 0.6 is 0 Å². The van der Waals surface area contributed by atoms with Crippen LogP contribution in [0.5, 0.6) is 0 Å². The normalized spacial score (nSPS) is 26.6. The quantitative estimate of drug-likeness (QED) is 0.474. The van der Waals surface area contributed by atoms with Crippen molar-refractivity contribution >= 4 is 0 Å². The Hall–Kier alpha value is -0.900. The van der Waals surface area contributed by atoms with Gasteiger partial charge in [-0.3, -0.25) is 0 Å². The first kappa shape index (κ1) is 5.24. The summed E-state index contributed by atoms with van der Waals surface area (Å²) in [5.41, 5.74) is 5.37. The van der Waals surface area contributed by atoms with Crippen LogP contribution in [0.15, 0.2) is 17.1 Å². The van der Waals surface area contributed by atoms with Crippen molar-refractivity contribution in [3.63, 3.8) is 0 Å². The van der Waals surface area contributed by atoms with Gasteiger partial charge in [0.05, 0.1) is 0 Å². The van der Waals surface area contributed by atoms with Crippen LogP contribution in [0.25, 0.3) is 0 Å². The lowest BCUT2D eigenvalue weighted by molar-refractivity contribution is 0.605. The van der Waals surface area contributed by atoms with E-state index in [9.17, 15) is 4.91 Å². The Balaban J connectivity index is 2.56. The van der Waals surface area contributed by atoms with E-state index in [4.69, 9.17) is 0 Å². The standard InChI is InChI=1S/C4H7N3O/c1-3-2-4(7-8)6-5-3/h2-3,5-6H,1H3. The maximum Gasteiger partial charge on any atom is 0.182 e.